The zero-order chi connectivity index (χ0) is 35.2. The van der Waals surface area contributed by atoms with Crippen LogP contribution in [-0.4, -0.2) is 55.6 Å². The molecule has 254 valence electrons. The van der Waals surface area contributed by atoms with E-state index in [1.807, 2.05) is 96.4 Å². The second-order valence-electron chi connectivity index (χ2n) is 11.1. The maximum atomic E-state index is 12.5. The van der Waals surface area contributed by atoms with E-state index in [9.17, 15) is 25.9 Å². The van der Waals surface area contributed by atoms with E-state index < -0.39 is 20.2 Å². The van der Waals surface area contributed by atoms with Crippen LogP contribution in [0, 0.1) is 0 Å². The maximum Gasteiger partial charge on any atom is 0.295 e. The topological polar surface area (TPSA) is 154 Å². The predicted molar refractivity (Wildman–Crippen MR) is 187 cm³/mol. The molecule has 4 aromatic rings. The Labute approximate surface area is 289 Å². The first kappa shape index (κ1) is 35.9. The Morgan fingerprint density at radius 1 is 0.796 bits per heavy atom. The molecule has 3 N–H and O–H groups in total. The molecule has 11 nitrogen and oxygen atoms in total. The summed E-state index contributed by atoms with van der Waals surface area (Å²) in [4.78, 5) is 2.38. The first-order valence-electron chi connectivity index (χ1n) is 14.7. The van der Waals surface area contributed by atoms with Crippen molar-refractivity contribution < 1.29 is 45.1 Å². The van der Waals surface area contributed by atoms with Crippen molar-refractivity contribution in [1.82, 2.24) is 0 Å². The molecular weight excluding hydrogens is 689 g/mol. The third-order valence-corrected chi connectivity index (χ3v) is 10.1. The van der Waals surface area contributed by atoms with Crippen LogP contribution in [0.15, 0.2) is 142 Å². The Bertz CT molecular complexity index is 2180. The smallest absolute Gasteiger partial charge is 0.295 e. The van der Waals surface area contributed by atoms with Crippen LogP contribution in [0.1, 0.15) is 22.3 Å². The molecule has 0 amide bonds. The van der Waals surface area contributed by atoms with E-state index in [-0.39, 0.29) is 9.79 Å². The first-order valence-corrected chi connectivity index (χ1v) is 18.3. The molecule has 5 rings (SSSR count). The zero-order valence-electron chi connectivity index (χ0n) is 26.4. The van der Waals surface area contributed by atoms with Gasteiger partial charge in [-0.3, -0.25) is 9.11 Å². The average Bonchev–Trinajstić information content (AvgIpc) is 3.08. The van der Waals surface area contributed by atoms with Crippen LogP contribution in [0.25, 0.3) is 5.57 Å². The summed E-state index contributed by atoms with van der Waals surface area (Å²) < 4.78 is 74.1. The van der Waals surface area contributed by atoms with Crippen molar-refractivity contribution in [2.24, 2.45) is 0 Å². The first-order chi connectivity index (χ1) is 23.3. The molecule has 1 aliphatic carbocycles. The predicted octanol–water partition coefficient (Wildman–Crippen LogP) is 6.46. The van der Waals surface area contributed by atoms with Crippen molar-refractivity contribution in [3.63, 3.8) is 0 Å². The van der Waals surface area contributed by atoms with Crippen LogP contribution in [0.5, 0.6) is 0 Å². The van der Waals surface area contributed by atoms with Gasteiger partial charge in [0.05, 0.1) is 16.9 Å². The minimum atomic E-state index is -4.56. The molecule has 0 aliphatic heterocycles. The average molecular weight is 722 g/mol. The van der Waals surface area contributed by atoms with Gasteiger partial charge >= 0.3 is 0 Å². The maximum absolute atomic E-state index is 12.5. The van der Waals surface area contributed by atoms with Gasteiger partial charge in [-0.2, -0.15) is 16.8 Å². The van der Waals surface area contributed by atoms with Crippen molar-refractivity contribution in [2.45, 2.75) is 27.8 Å². The van der Waals surface area contributed by atoms with Gasteiger partial charge < -0.3 is 4.90 Å². The van der Waals surface area contributed by atoms with E-state index >= 15 is 0 Å². The Kier molecular flexibility index (Phi) is 11.3. The quantitative estimate of drug-likeness (QED) is 0.0486. The number of allylic oxidation sites excluding steroid dienone is 5. The molecule has 49 heavy (non-hydrogen) atoms. The minimum absolute atomic E-state index is 0.184. The fourth-order valence-corrected chi connectivity index (χ4v) is 7.12. The summed E-state index contributed by atoms with van der Waals surface area (Å²) >= 11 is 0.880. The van der Waals surface area contributed by atoms with Gasteiger partial charge in [-0.25, -0.2) is 9.83 Å². The lowest BCUT2D eigenvalue weighted by Gasteiger charge is -2.21. The molecular formula is C35H33N2O9S3+. The summed E-state index contributed by atoms with van der Waals surface area (Å²) in [5, 5.41) is 12.1. The van der Waals surface area contributed by atoms with Crippen LogP contribution in [0.2, 0.25) is 0 Å². The van der Waals surface area contributed by atoms with Crippen LogP contribution in [-0.2, 0) is 42.7 Å². The van der Waals surface area contributed by atoms with Gasteiger partial charge in [0.2, 0.25) is 0 Å². The Hall–Kier alpha value is -4.38. The van der Waals surface area contributed by atoms with Gasteiger partial charge in [-0.05, 0) is 76.9 Å². The van der Waals surface area contributed by atoms with Crippen molar-refractivity contribution in [2.75, 3.05) is 19.0 Å². The normalized spacial score (nSPS) is 13.1. The van der Waals surface area contributed by atoms with Crippen LogP contribution in [0.3, 0.4) is 0 Å². The molecule has 0 atom stereocenters. The fraction of sp³-hybridized carbons (Fsp3) is 0.114. The number of anilines is 1. The molecule has 0 radical (unpaired) electrons. The molecule has 14 heteroatoms. The third kappa shape index (κ3) is 9.20. The lowest BCUT2D eigenvalue weighted by atomic mass is 9.90. The van der Waals surface area contributed by atoms with Crippen LogP contribution < -0.4 is 4.90 Å². The molecule has 0 bridgehead atoms. The van der Waals surface area contributed by atoms with E-state index in [4.69, 9.17) is 5.26 Å². The molecule has 4 aromatic carbocycles. The van der Waals surface area contributed by atoms with E-state index in [0.29, 0.717) is 35.4 Å². The van der Waals surface area contributed by atoms with E-state index in [1.165, 1.54) is 18.2 Å². The second-order valence-corrected chi connectivity index (χ2v) is 14.7. The van der Waals surface area contributed by atoms with Gasteiger partial charge in [0.25, 0.3) is 20.2 Å². The lowest BCUT2D eigenvalue weighted by molar-refractivity contribution is -0.512. The van der Waals surface area contributed by atoms with E-state index in [0.717, 1.165) is 39.5 Å². The molecule has 0 unspecified atom stereocenters. The summed E-state index contributed by atoms with van der Waals surface area (Å²) in [5.41, 5.74) is 5.71. The summed E-state index contributed by atoms with van der Waals surface area (Å²) in [5.74, 6) is 0. The number of hydrogen-bond donors (Lipinski definition) is 3. The number of hydrogen-bond acceptors (Lipinski definition) is 9. The number of benzene rings is 4. The number of nitrogens with zero attached hydrogens (tertiary/aromatic N) is 2. The molecule has 0 fully saturated rings. The van der Waals surface area contributed by atoms with Crippen LogP contribution in [0.4, 0.5) is 5.69 Å². The van der Waals surface area contributed by atoms with E-state index in [2.05, 4.69) is 9.37 Å². The highest BCUT2D eigenvalue weighted by atomic mass is 32.2. The standard InChI is InChI=1S/C35H32N2O9S3/c1-36(23-25-7-5-9-31(21-25)47-46-45-38)29-17-13-27(14-18-29)35(33-11-3-4-12-34(33)49(42,43)44)28-15-19-30(20-16-28)37(2)24-26-8-6-10-32(22-26)48(39,40)41/h3-22H,23-24H2,1-2H3,(H2-,38,39,40,41,42,43,44)/p+1. The van der Waals surface area contributed by atoms with E-state index in [1.54, 1.807) is 30.3 Å². The Balaban J connectivity index is 1.48. The third-order valence-electron chi connectivity index (χ3n) is 7.72. The number of rotatable bonds is 12. The van der Waals surface area contributed by atoms with Crippen molar-refractivity contribution in [3.05, 3.63) is 149 Å². The molecule has 1 aliphatic rings. The fourth-order valence-electron chi connectivity index (χ4n) is 5.43. The zero-order valence-corrected chi connectivity index (χ0v) is 28.8. The van der Waals surface area contributed by atoms with Gasteiger partial charge in [-0.1, -0.05) is 59.6 Å². The summed E-state index contributed by atoms with van der Waals surface area (Å²) in [6, 6.07) is 27.5. The van der Waals surface area contributed by atoms with Crippen molar-refractivity contribution >= 4 is 49.3 Å². The van der Waals surface area contributed by atoms with Gasteiger partial charge in [0.1, 0.15) is 11.9 Å². The summed E-state index contributed by atoms with van der Waals surface area (Å²) in [6.45, 7) is 0.915. The summed E-state index contributed by atoms with van der Waals surface area (Å²) in [7, 11) is -5.11. The van der Waals surface area contributed by atoms with Gasteiger partial charge in [-0.15, -0.1) is 4.33 Å². The molecule has 0 spiro atoms. The molecule has 0 saturated carbocycles. The van der Waals surface area contributed by atoms with Gasteiger partial charge in [0.15, 0.2) is 12.3 Å². The largest absolute Gasteiger partial charge is 0.370 e. The second kappa shape index (κ2) is 15.4. The Morgan fingerprint density at radius 2 is 1.47 bits per heavy atom. The van der Waals surface area contributed by atoms with Crippen molar-refractivity contribution in [3.8, 4) is 0 Å². The Morgan fingerprint density at radius 3 is 2.14 bits per heavy atom. The van der Waals surface area contributed by atoms with Crippen LogP contribution >= 0.6 is 12.0 Å². The highest BCUT2D eigenvalue weighted by molar-refractivity contribution is 7.94. The SMILES string of the molecule is CN(Cc1cccc(SOOO)c1)c1ccc(C(=C2C=CC(=[N+](C)Cc3cccc(S(=O)(=O)O)c3)C=C2)c2ccccc2S(=O)(=O)O)cc1. The highest BCUT2D eigenvalue weighted by Crippen LogP contribution is 2.35. The minimum Gasteiger partial charge on any atom is -0.370 e. The molecule has 0 saturated heterocycles. The molecule has 0 heterocycles. The van der Waals surface area contributed by atoms with Crippen molar-refractivity contribution in [1.29, 1.82) is 0 Å². The van der Waals surface area contributed by atoms with Gasteiger partial charge in [0, 0.05) is 47.5 Å². The lowest BCUT2D eigenvalue weighted by Crippen LogP contribution is -2.16. The summed E-state index contributed by atoms with van der Waals surface area (Å²) in [6.07, 6.45) is 7.44. The monoisotopic (exact) mass is 721 g/mol. The highest BCUT2D eigenvalue weighted by Gasteiger charge is 2.22. The molecule has 0 aromatic heterocycles.